The number of unbranched alkanes of at least 4 members (excludes halogenated alkanes) is 10. The summed E-state index contributed by atoms with van der Waals surface area (Å²) in [5.41, 5.74) is 2.26. The molecular weight excluding hydrogens is 370 g/mol. The maximum absolute atomic E-state index is 11.6. The average molecular weight is 416 g/mol. The van der Waals surface area contributed by atoms with Gasteiger partial charge in [0.2, 0.25) is 0 Å². The Morgan fingerprint density at radius 3 is 1.93 bits per heavy atom. The number of carbonyl (C=O) groups is 1. The summed E-state index contributed by atoms with van der Waals surface area (Å²) in [6, 6.07) is 8.24. The van der Waals surface area contributed by atoms with Gasteiger partial charge in [0.15, 0.2) is 0 Å². The number of rotatable bonds is 18. The summed E-state index contributed by atoms with van der Waals surface area (Å²) in [6.07, 6.45) is 21.2. The molecule has 0 aliphatic carbocycles. The summed E-state index contributed by atoms with van der Waals surface area (Å²) >= 11 is 0. The van der Waals surface area contributed by atoms with Gasteiger partial charge in [0.1, 0.15) is 0 Å². The van der Waals surface area contributed by atoms with Crippen LogP contribution < -0.4 is 4.90 Å². The molecule has 0 fully saturated rings. The van der Waals surface area contributed by atoms with E-state index >= 15 is 0 Å². The van der Waals surface area contributed by atoms with Gasteiger partial charge in [-0.25, -0.2) is 0 Å². The second-order valence-electron chi connectivity index (χ2n) is 8.82. The van der Waals surface area contributed by atoms with Gasteiger partial charge < -0.3 is 10.0 Å². The lowest BCUT2D eigenvalue weighted by molar-refractivity contribution is -0.142. The number of allylic oxidation sites excluding steroid dienone is 2. The van der Waals surface area contributed by atoms with E-state index in [1.165, 1.54) is 57.8 Å². The first-order chi connectivity index (χ1) is 14.5. The van der Waals surface area contributed by atoms with Crippen molar-refractivity contribution in [3.05, 3.63) is 42.0 Å². The Morgan fingerprint density at radius 2 is 1.40 bits per heavy atom. The minimum atomic E-state index is -0.663. The van der Waals surface area contributed by atoms with E-state index in [1.54, 1.807) is 0 Å². The van der Waals surface area contributed by atoms with Crippen molar-refractivity contribution < 1.29 is 9.90 Å². The van der Waals surface area contributed by atoms with Gasteiger partial charge in [0.05, 0.1) is 5.92 Å². The molecule has 1 rings (SSSR count). The normalized spacial score (nSPS) is 12.4. The van der Waals surface area contributed by atoms with Crippen molar-refractivity contribution in [2.75, 3.05) is 19.0 Å². The van der Waals surface area contributed by atoms with Gasteiger partial charge >= 0.3 is 5.97 Å². The second kappa shape index (κ2) is 17.0. The van der Waals surface area contributed by atoms with Gasteiger partial charge in [-0.3, -0.25) is 4.79 Å². The number of carboxylic acid groups (broad SMARTS) is 1. The minimum absolute atomic E-state index is 0.271. The smallest absolute Gasteiger partial charge is 0.306 e. The van der Waals surface area contributed by atoms with E-state index in [9.17, 15) is 9.90 Å². The topological polar surface area (TPSA) is 40.5 Å². The van der Waals surface area contributed by atoms with Crippen molar-refractivity contribution in [2.24, 2.45) is 5.92 Å². The highest BCUT2D eigenvalue weighted by Crippen LogP contribution is 2.20. The number of carboxylic acids is 1. The molecule has 1 atom stereocenters. The third-order valence-electron chi connectivity index (χ3n) is 5.85. The maximum atomic E-state index is 11.6. The van der Waals surface area contributed by atoms with Crippen LogP contribution in [0.2, 0.25) is 0 Å². The molecule has 0 amide bonds. The molecule has 1 aromatic rings. The fourth-order valence-electron chi connectivity index (χ4n) is 3.81. The van der Waals surface area contributed by atoms with Crippen molar-refractivity contribution in [3.8, 4) is 0 Å². The Hall–Kier alpha value is -1.77. The Kier molecular flexibility index (Phi) is 14.9. The number of aliphatic carboxylic acids is 1. The lowest BCUT2D eigenvalue weighted by Gasteiger charge is -2.15. The zero-order valence-corrected chi connectivity index (χ0v) is 19.7. The van der Waals surface area contributed by atoms with Crippen LogP contribution in [0.5, 0.6) is 0 Å². The Balaban J connectivity index is 2.10. The molecule has 1 unspecified atom stereocenters. The zero-order valence-electron chi connectivity index (χ0n) is 19.7. The Morgan fingerprint density at radius 1 is 0.867 bits per heavy atom. The predicted molar refractivity (Wildman–Crippen MR) is 130 cm³/mol. The van der Waals surface area contributed by atoms with Crippen LogP contribution in [0.1, 0.15) is 96.0 Å². The lowest BCUT2D eigenvalue weighted by atomic mass is 9.93. The molecule has 0 aromatic heterocycles. The molecule has 0 saturated carbocycles. The second-order valence-corrected chi connectivity index (χ2v) is 8.82. The SMILES string of the molecule is CCCCCCCC/C=C\CCCCCCC(Cc1ccc(N(C)C)cc1)C(=O)O. The summed E-state index contributed by atoms with van der Waals surface area (Å²) in [6.45, 7) is 2.26. The zero-order chi connectivity index (χ0) is 22.0. The molecule has 0 aliphatic heterocycles. The van der Waals surface area contributed by atoms with Gasteiger partial charge in [-0.15, -0.1) is 0 Å². The first-order valence-electron chi connectivity index (χ1n) is 12.2. The molecule has 0 spiro atoms. The molecule has 1 aromatic carbocycles. The number of anilines is 1. The van der Waals surface area contributed by atoms with E-state index in [4.69, 9.17) is 0 Å². The largest absolute Gasteiger partial charge is 0.481 e. The van der Waals surface area contributed by atoms with Gasteiger partial charge in [-0.05, 0) is 56.2 Å². The van der Waals surface area contributed by atoms with Crippen LogP contribution in [0.15, 0.2) is 36.4 Å². The third-order valence-corrected chi connectivity index (χ3v) is 5.85. The highest BCUT2D eigenvalue weighted by atomic mass is 16.4. The van der Waals surface area contributed by atoms with E-state index in [0.29, 0.717) is 6.42 Å². The number of hydrogen-bond donors (Lipinski definition) is 1. The standard InChI is InChI=1S/C27H45NO2/c1-4-5-6-7-8-9-10-11-12-13-14-15-16-17-18-25(27(29)30)23-24-19-21-26(22-20-24)28(2)3/h11-12,19-22,25H,4-10,13-18,23H2,1-3H3,(H,29,30)/b12-11-. The summed E-state index contributed by atoms with van der Waals surface area (Å²) in [4.78, 5) is 13.7. The van der Waals surface area contributed by atoms with Gasteiger partial charge in [0, 0.05) is 19.8 Å². The first-order valence-corrected chi connectivity index (χ1v) is 12.2. The minimum Gasteiger partial charge on any atom is -0.481 e. The number of hydrogen-bond acceptors (Lipinski definition) is 2. The molecule has 0 heterocycles. The molecule has 0 aliphatic rings. The summed E-state index contributed by atoms with van der Waals surface area (Å²) in [5, 5.41) is 9.56. The monoisotopic (exact) mass is 415 g/mol. The number of nitrogens with zero attached hydrogens (tertiary/aromatic N) is 1. The van der Waals surface area contributed by atoms with Crippen LogP contribution >= 0.6 is 0 Å². The van der Waals surface area contributed by atoms with Gasteiger partial charge in [-0.1, -0.05) is 82.6 Å². The first kappa shape index (κ1) is 26.3. The maximum Gasteiger partial charge on any atom is 0.306 e. The van der Waals surface area contributed by atoms with Crippen LogP contribution in [0, 0.1) is 5.92 Å². The third kappa shape index (κ3) is 12.7. The summed E-state index contributed by atoms with van der Waals surface area (Å²) < 4.78 is 0. The Bertz CT molecular complexity index is 577. The molecule has 0 radical (unpaired) electrons. The average Bonchev–Trinajstić information content (AvgIpc) is 2.73. The van der Waals surface area contributed by atoms with Crippen molar-refractivity contribution in [2.45, 2.75) is 96.8 Å². The van der Waals surface area contributed by atoms with E-state index in [0.717, 1.165) is 36.9 Å². The van der Waals surface area contributed by atoms with E-state index in [2.05, 4.69) is 48.2 Å². The van der Waals surface area contributed by atoms with Gasteiger partial charge in [0.25, 0.3) is 0 Å². The molecular formula is C27H45NO2. The summed E-state index contributed by atoms with van der Waals surface area (Å²) in [7, 11) is 4.03. The molecule has 1 N–H and O–H groups in total. The molecule has 3 nitrogen and oxygen atoms in total. The van der Waals surface area contributed by atoms with Crippen LogP contribution in [0.4, 0.5) is 5.69 Å². The molecule has 0 bridgehead atoms. The molecule has 0 saturated heterocycles. The van der Waals surface area contributed by atoms with Crippen LogP contribution in [0.3, 0.4) is 0 Å². The van der Waals surface area contributed by atoms with Crippen LogP contribution in [-0.4, -0.2) is 25.2 Å². The highest BCUT2D eigenvalue weighted by molar-refractivity contribution is 5.70. The molecule has 30 heavy (non-hydrogen) atoms. The molecule has 170 valence electrons. The van der Waals surface area contributed by atoms with E-state index in [1.807, 2.05) is 14.1 Å². The van der Waals surface area contributed by atoms with Crippen molar-refractivity contribution in [1.82, 2.24) is 0 Å². The fourth-order valence-corrected chi connectivity index (χ4v) is 3.81. The molecule has 3 heteroatoms. The van der Waals surface area contributed by atoms with Crippen molar-refractivity contribution >= 4 is 11.7 Å². The lowest BCUT2D eigenvalue weighted by Crippen LogP contribution is -2.16. The quantitative estimate of drug-likeness (QED) is 0.198. The Labute approximate surface area is 185 Å². The fraction of sp³-hybridized carbons (Fsp3) is 0.667. The van der Waals surface area contributed by atoms with Crippen molar-refractivity contribution in [1.29, 1.82) is 0 Å². The van der Waals surface area contributed by atoms with Crippen molar-refractivity contribution in [3.63, 3.8) is 0 Å². The van der Waals surface area contributed by atoms with E-state index < -0.39 is 5.97 Å². The van der Waals surface area contributed by atoms with Crippen LogP contribution in [0.25, 0.3) is 0 Å². The summed E-state index contributed by atoms with van der Waals surface area (Å²) in [5.74, 6) is -0.934. The predicted octanol–water partition coefficient (Wildman–Crippen LogP) is 7.64. The highest BCUT2D eigenvalue weighted by Gasteiger charge is 2.17. The number of benzene rings is 1. The van der Waals surface area contributed by atoms with Gasteiger partial charge in [-0.2, -0.15) is 0 Å². The van der Waals surface area contributed by atoms with Crippen LogP contribution in [-0.2, 0) is 11.2 Å². The van der Waals surface area contributed by atoms with E-state index in [-0.39, 0.29) is 5.92 Å².